The van der Waals surface area contributed by atoms with Crippen LogP contribution in [0.5, 0.6) is 0 Å². The monoisotopic (exact) mass is 212 g/mol. The van der Waals surface area contributed by atoms with Gasteiger partial charge in [-0.25, -0.2) is 0 Å². The molecule has 1 amide bonds. The summed E-state index contributed by atoms with van der Waals surface area (Å²) >= 11 is 0. The van der Waals surface area contributed by atoms with Crippen molar-refractivity contribution < 1.29 is 4.79 Å². The van der Waals surface area contributed by atoms with E-state index in [1.165, 1.54) is 25.7 Å². The Morgan fingerprint density at radius 1 is 1.40 bits per heavy atom. The van der Waals surface area contributed by atoms with Crippen LogP contribution in [-0.2, 0) is 4.79 Å². The first kappa shape index (κ1) is 12.5. The highest BCUT2D eigenvalue weighted by Crippen LogP contribution is 2.34. The van der Waals surface area contributed by atoms with Gasteiger partial charge >= 0.3 is 0 Å². The molecule has 2 N–H and O–H groups in total. The average molecular weight is 212 g/mol. The number of carbonyl (C=O) groups excluding carboxylic acids is 1. The summed E-state index contributed by atoms with van der Waals surface area (Å²) in [5.74, 6) is 0.948. The molecule has 0 aromatic rings. The van der Waals surface area contributed by atoms with E-state index in [-0.39, 0.29) is 11.9 Å². The Balaban J connectivity index is 2.17. The number of hydrogen-bond acceptors (Lipinski definition) is 2. The van der Waals surface area contributed by atoms with Gasteiger partial charge in [0.05, 0.1) is 6.54 Å². The highest BCUT2D eigenvalue weighted by atomic mass is 16.1. The predicted molar refractivity (Wildman–Crippen MR) is 62.7 cm³/mol. The Bertz CT molecular complexity index is 200. The normalized spacial score (nSPS) is 17.9. The lowest BCUT2D eigenvalue weighted by Crippen LogP contribution is -2.42. The SMILES string of the molecule is CCCC(NCC(=O)NC(C)C)C1CC1. The van der Waals surface area contributed by atoms with E-state index in [1.807, 2.05) is 13.8 Å². The highest BCUT2D eigenvalue weighted by molar-refractivity contribution is 5.78. The van der Waals surface area contributed by atoms with Crippen molar-refractivity contribution in [2.75, 3.05) is 6.54 Å². The number of nitrogens with one attached hydrogen (secondary N) is 2. The third-order valence-corrected chi connectivity index (χ3v) is 2.77. The minimum Gasteiger partial charge on any atom is -0.353 e. The number of rotatable bonds is 7. The van der Waals surface area contributed by atoms with Crippen molar-refractivity contribution in [1.82, 2.24) is 10.6 Å². The van der Waals surface area contributed by atoms with Gasteiger partial charge in [-0.2, -0.15) is 0 Å². The third kappa shape index (κ3) is 5.17. The molecule has 1 rings (SSSR count). The zero-order chi connectivity index (χ0) is 11.3. The maximum absolute atomic E-state index is 11.4. The molecular formula is C12H24N2O. The van der Waals surface area contributed by atoms with Crippen LogP contribution in [0.1, 0.15) is 46.5 Å². The van der Waals surface area contributed by atoms with Gasteiger partial charge in [0.2, 0.25) is 5.91 Å². The first-order valence-electron chi connectivity index (χ1n) is 6.16. The summed E-state index contributed by atoms with van der Waals surface area (Å²) in [5, 5.41) is 6.27. The maximum atomic E-state index is 11.4. The van der Waals surface area contributed by atoms with Crippen LogP contribution in [0.25, 0.3) is 0 Å². The second-order valence-electron chi connectivity index (χ2n) is 4.84. The molecule has 1 aliphatic rings. The smallest absolute Gasteiger partial charge is 0.234 e. The van der Waals surface area contributed by atoms with Gasteiger partial charge in [0.15, 0.2) is 0 Å². The molecule has 0 aromatic heterocycles. The van der Waals surface area contributed by atoms with Gasteiger partial charge in [0.1, 0.15) is 0 Å². The fourth-order valence-electron chi connectivity index (χ4n) is 1.91. The minimum absolute atomic E-state index is 0.117. The maximum Gasteiger partial charge on any atom is 0.234 e. The average Bonchev–Trinajstić information content (AvgIpc) is 2.94. The van der Waals surface area contributed by atoms with Crippen LogP contribution in [0, 0.1) is 5.92 Å². The van der Waals surface area contributed by atoms with Gasteiger partial charge in [-0.05, 0) is 39.0 Å². The van der Waals surface area contributed by atoms with Gasteiger partial charge in [0.25, 0.3) is 0 Å². The summed E-state index contributed by atoms with van der Waals surface area (Å²) in [7, 11) is 0. The minimum atomic E-state index is 0.117. The van der Waals surface area contributed by atoms with Crippen molar-refractivity contribution in [3.8, 4) is 0 Å². The molecule has 0 aromatic carbocycles. The van der Waals surface area contributed by atoms with Crippen LogP contribution in [-0.4, -0.2) is 24.5 Å². The van der Waals surface area contributed by atoms with E-state index in [4.69, 9.17) is 0 Å². The van der Waals surface area contributed by atoms with E-state index < -0.39 is 0 Å². The van der Waals surface area contributed by atoms with Crippen molar-refractivity contribution >= 4 is 5.91 Å². The van der Waals surface area contributed by atoms with Crippen LogP contribution >= 0.6 is 0 Å². The second-order valence-corrected chi connectivity index (χ2v) is 4.84. The number of amides is 1. The molecule has 0 spiro atoms. The highest BCUT2D eigenvalue weighted by Gasteiger charge is 2.30. The largest absolute Gasteiger partial charge is 0.353 e. The fourth-order valence-corrected chi connectivity index (χ4v) is 1.91. The topological polar surface area (TPSA) is 41.1 Å². The molecule has 0 heterocycles. The lowest BCUT2D eigenvalue weighted by Gasteiger charge is -2.17. The molecule has 0 bridgehead atoms. The Labute approximate surface area is 93.0 Å². The van der Waals surface area contributed by atoms with Crippen LogP contribution < -0.4 is 10.6 Å². The molecule has 15 heavy (non-hydrogen) atoms. The molecule has 1 fully saturated rings. The second kappa shape index (κ2) is 6.11. The Hall–Kier alpha value is -0.570. The summed E-state index contributed by atoms with van der Waals surface area (Å²) in [6.07, 6.45) is 5.06. The summed E-state index contributed by atoms with van der Waals surface area (Å²) in [6.45, 7) is 6.65. The molecule has 1 saturated carbocycles. The molecule has 1 aliphatic carbocycles. The molecule has 88 valence electrons. The van der Waals surface area contributed by atoms with Crippen LogP contribution in [0.3, 0.4) is 0 Å². The quantitative estimate of drug-likeness (QED) is 0.674. The van der Waals surface area contributed by atoms with Crippen molar-refractivity contribution in [2.45, 2.75) is 58.5 Å². The third-order valence-electron chi connectivity index (χ3n) is 2.77. The van der Waals surface area contributed by atoms with Crippen molar-refractivity contribution in [1.29, 1.82) is 0 Å². The predicted octanol–water partition coefficient (Wildman–Crippen LogP) is 1.68. The van der Waals surface area contributed by atoms with E-state index in [2.05, 4.69) is 17.6 Å². The Morgan fingerprint density at radius 3 is 2.53 bits per heavy atom. The zero-order valence-electron chi connectivity index (χ0n) is 10.2. The van der Waals surface area contributed by atoms with Crippen LogP contribution in [0.15, 0.2) is 0 Å². The molecule has 3 nitrogen and oxygen atoms in total. The molecule has 0 aliphatic heterocycles. The van der Waals surface area contributed by atoms with Gasteiger partial charge in [-0.15, -0.1) is 0 Å². The summed E-state index contributed by atoms with van der Waals surface area (Å²) in [5.41, 5.74) is 0. The number of carbonyl (C=O) groups is 1. The first-order valence-corrected chi connectivity index (χ1v) is 6.16. The van der Waals surface area contributed by atoms with Crippen LogP contribution in [0.2, 0.25) is 0 Å². The van der Waals surface area contributed by atoms with E-state index in [0.717, 1.165) is 5.92 Å². The Morgan fingerprint density at radius 2 is 2.07 bits per heavy atom. The molecule has 1 unspecified atom stereocenters. The van der Waals surface area contributed by atoms with E-state index in [0.29, 0.717) is 12.6 Å². The lowest BCUT2D eigenvalue weighted by atomic mass is 10.1. The summed E-state index contributed by atoms with van der Waals surface area (Å²) < 4.78 is 0. The molecule has 0 radical (unpaired) electrons. The standard InChI is InChI=1S/C12H24N2O/c1-4-5-11(10-6-7-10)13-8-12(15)14-9(2)3/h9-11,13H,4-8H2,1-3H3,(H,14,15). The summed E-state index contributed by atoms with van der Waals surface area (Å²) in [6, 6.07) is 0.803. The van der Waals surface area contributed by atoms with Gasteiger partial charge in [0, 0.05) is 12.1 Å². The van der Waals surface area contributed by atoms with Gasteiger partial charge in [-0.1, -0.05) is 13.3 Å². The van der Waals surface area contributed by atoms with E-state index >= 15 is 0 Å². The van der Waals surface area contributed by atoms with E-state index in [1.54, 1.807) is 0 Å². The summed E-state index contributed by atoms with van der Waals surface area (Å²) in [4.78, 5) is 11.4. The van der Waals surface area contributed by atoms with Crippen LogP contribution in [0.4, 0.5) is 0 Å². The molecule has 3 heteroatoms. The molecule has 0 saturated heterocycles. The Kier molecular flexibility index (Phi) is 5.09. The van der Waals surface area contributed by atoms with Crippen molar-refractivity contribution in [2.24, 2.45) is 5.92 Å². The zero-order valence-corrected chi connectivity index (χ0v) is 10.2. The van der Waals surface area contributed by atoms with Gasteiger partial charge in [-0.3, -0.25) is 4.79 Å². The van der Waals surface area contributed by atoms with Crippen molar-refractivity contribution in [3.05, 3.63) is 0 Å². The molecule has 1 atom stereocenters. The van der Waals surface area contributed by atoms with Crippen molar-refractivity contribution in [3.63, 3.8) is 0 Å². The fraction of sp³-hybridized carbons (Fsp3) is 0.917. The first-order chi connectivity index (χ1) is 7.13. The molecular weight excluding hydrogens is 188 g/mol. The number of hydrogen-bond donors (Lipinski definition) is 2. The van der Waals surface area contributed by atoms with E-state index in [9.17, 15) is 4.79 Å². The lowest BCUT2D eigenvalue weighted by molar-refractivity contribution is -0.120. The van der Waals surface area contributed by atoms with Gasteiger partial charge < -0.3 is 10.6 Å².